The Morgan fingerprint density at radius 3 is 2.62 bits per heavy atom. The SMILES string of the molecule is COC1=NC2(CCCCC2)SC1=O. The van der Waals surface area contributed by atoms with Gasteiger partial charge in [0, 0.05) is 0 Å². The van der Waals surface area contributed by atoms with E-state index in [1.807, 2.05) is 0 Å². The van der Waals surface area contributed by atoms with Crippen LogP contribution in [0.1, 0.15) is 32.1 Å². The van der Waals surface area contributed by atoms with Crippen LogP contribution in [0.25, 0.3) is 0 Å². The van der Waals surface area contributed by atoms with E-state index in [1.165, 1.54) is 38.1 Å². The second-order valence-corrected chi connectivity index (χ2v) is 4.85. The lowest BCUT2D eigenvalue weighted by Crippen LogP contribution is -2.23. The molecule has 72 valence electrons. The number of methoxy groups -OCH3 is 1. The summed E-state index contributed by atoms with van der Waals surface area (Å²) in [4.78, 5) is 15.6. The summed E-state index contributed by atoms with van der Waals surface area (Å²) in [7, 11) is 1.51. The Morgan fingerprint density at radius 2 is 2.08 bits per heavy atom. The van der Waals surface area contributed by atoms with Gasteiger partial charge < -0.3 is 4.74 Å². The van der Waals surface area contributed by atoms with Gasteiger partial charge in [-0.2, -0.15) is 0 Å². The van der Waals surface area contributed by atoms with Gasteiger partial charge in [-0.1, -0.05) is 19.3 Å². The molecule has 1 heterocycles. The number of hydrogen-bond donors (Lipinski definition) is 0. The monoisotopic (exact) mass is 199 g/mol. The fourth-order valence-corrected chi connectivity index (χ4v) is 3.10. The molecule has 2 aliphatic rings. The summed E-state index contributed by atoms with van der Waals surface area (Å²) in [5.74, 6) is 0.312. The maximum absolute atomic E-state index is 11.4. The molecule has 1 spiro atoms. The first-order valence-electron chi connectivity index (χ1n) is 4.63. The largest absolute Gasteiger partial charge is 0.478 e. The van der Waals surface area contributed by atoms with Gasteiger partial charge in [0.2, 0.25) is 0 Å². The van der Waals surface area contributed by atoms with Gasteiger partial charge in [-0.25, -0.2) is 4.99 Å². The smallest absolute Gasteiger partial charge is 0.276 e. The minimum atomic E-state index is -0.152. The van der Waals surface area contributed by atoms with Crippen molar-refractivity contribution in [2.75, 3.05) is 7.11 Å². The van der Waals surface area contributed by atoms with Crippen molar-refractivity contribution < 1.29 is 9.53 Å². The van der Waals surface area contributed by atoms with Gasteiger partial charge in [0.1, 0.15) is 4.87 Å². The summed E-state index contributed by atoms with van der Waals surface area (Å²) in [6, 6.07) is 0. The Labute approximate surface area is 81.9 Å². The Hall–Kier alpha value is -0.510. The van der Waals surface area contributed by atoms with Crippen LogP contribution in [0.15, 0.2) is 4.99 Å². The minimum absolute atomic E-state index is 0.00407. The standard InChI is InChI=1S/C9H13NO2S/c1-12-7-8(11)13-9(10-7)5-3-2-4-6-9/h2-6H2,1H3. The minimum Gasteiger partial charge on any atom is -0.478 e. The van der Waals surface area contributed by atoms with Crippen molar-refractivity contribution in [3.63, 3.8) is 0 Å². The maximum Gasteiger partial charge on any atom is 0.276 e. The van der Waals surface area contributed by atoms with Crippen LogP contribution in [0.2, 0.25) is 0 Å². The molecule has 0 atom stereocenters. The van der Waals surface area contributed by atoms with Crippen molar-refractivity contribution in [1.82, 2.24) is 0 Å². The number of hydrogen-bond acceptors (Lipinski definition) is 4. The molecule has 0 amide bonds. The zero-order valence-corrected chi connectivity index (χ0v) is 8.52. The lowest BCUT2D eigenvalue weighted by molar-refractivity contribution is -0.106. The van der Waals surface area contributed by atoms with Gasteiger partial charge in [0.05, 0.1) is 7.11 Å². The van der Waals surface area contributed by atoms with E-state index in [0.29, 0.717) is 5.90 Å². The van der Waals surface area contributed by atoms with Crippen LogP contribution in [-0.4, -0.2) is 23.0 Å². The number of nitrogens with zero attached hydrogens (tertiary/aromatic N) is 1. The van der Waals surface area contributed by atoms with Crippen LogP contribution in [0.4, 0.5) is 0 Å². The molecule has 0 aromatic heterocycles. The summed E-state index contributed by atoms with van der Waals surface area (Å²) in [6.07, 6.45) is 5.68. The molecule has 1 fully saturated rings. The van der Waals surface area contributed by atoms with Crippen LogP contribution in [-0.2, 0) is 9.53 Å². The Kier molecular flexibility index (Phi) is 2.32. The van der Waals surface area contributed by atoms with Gasteiger partial charge in [-0.05, 0) is 24.6 Å². The van der Waals surface area contributed by atoms with Crippen molar-refractivity contribution in [2.45, 2.75) is 37.0 Å². The first-order valence-corrected chi connectivity index (χ1v) is 5.45. The molecule has 0 aromatic rings. The van der Waals surface area contributed by atoms with Crippen molar-refractivity contribution in [3.05, 3.63) is 0 Å². The normalized spacial score (nSPS) is 26.2. The summed E-state index contributed by atoms with van der Waals surface area (Å²) in [5, 5.41) is 0.00407. The molecule has 0 saturated heterocycles. The number of aliphatic imine (C=N–C) groups is 1. The van der Waals surface area contributed by atoms with E-state index in [1.54, 1.807) is 0 Å². The molecule has 3 nitrogen and oxygen atoms in total. The highest BCUT2D eigenvalue weighted by Gasteiger charge is 2.42. The molecule has 0 unspecified atom stereocenters. The topological polar surface area (TPSA) is 38.7 Å². The first-order chi connectivity index (χ1) is 6.26. The third-order valence-electron chi connectivity index (χ3n) is 2.59. The zero-order valence-electron chi connectivity index (χ0n) is 7.71. The van der Waals surface area contributed by atoms with Crippen LogP contribution in [0.5, 0.6) is 0 Å². The zero-order chi connectivity index (χ0) is 9.31. The van der Waals surface area contributed by atoms with Gasteiger partial charge in [0.15, 0.2) is 0 Å². The molecule has 0 radical (unpaired) electrons. The molecule has 0 N–H and O–H groups in total. The molecule has 0 bridgehead atoms. The van der Waals surface area contributed by atoms with E-state index >= 15 is 0 Å². The number of carbonyl (C=O) groups is 1. The molecule has 1 aliphatic carbocycles. The van der Waals surface area contributed by atoms with Crippen LogP contribution in [0, 0.1) is 0 Å². The number of ether oxygens (including phenoxy) is 1. The second kappa shape index (κ2) is 3.33. The van der Waals surface area contributed by atoms with Crippen LogP contribution in [0.3, 0.4) is 0 Å². The van der Waals surface area contributed by atoms with E-state index in [9.17, 15) is 4.79 Å². The average Bonchev–Trinajstić information content (AvgIpc) is 2.44. The van der Waals surface area contributed by atoms with Crippen molar-refractivity contribution >= 4 is 22.8 Å². The van der Waals surface area contributed by atoms with E-state index in [-0.39, 0.29) is 9.99 Å². The van der Waals surface area contributed by atoms with Crippen molar-refractivity contribution in [2.24, 2.45) is 4.99 Å². The maximum atomic E-state index is 11.4. The third-order valence-corrected chi connectivity index (χ3v) is 3.83. The van der Waals surface area contributed by atoms with Gasteiger partial charge >= 0.3 is 0 Å². The Bertz CT molecular complexity index is 256. The summed E-state index contributed by atoms with van der Waals surface area (Å²) in [5.41, 5.74) is 0. The molecule has 4 heteroatoms. The van der Waals surface area contributed by atoms with Crippen molar-refractivity contribution in [3.8, 4) is 0 Å². The van der Waals surface area contributed by atoms with Crippen molar-refractivity contribution in [1.29, 1.82) is 0 Å². The molecule has 1 saturated carbocycles. The van der Waals surface area contributed by atoms with Crippen LogP contribution >= 0.6 is 11.8 Å². The summed E-state index contributed by atoms with van der Waals surface area (Å²) >= 11 is 1.35. The average molecular weight is 199 g/mol. The van der Waals surface area contributed by atoms with Gasteiger partial charge in [0.25, 0.3) is 11.0 Å². The number of carbonyl (C=O) groups excluding carboxylic acids is 1. The molecular weight excluding hydrogens is 186 g/mol. The van der Waals surface area contributed by atoms with Crippen LogP contribution < -0.4 is 0 Å². The van der Waals surface area contributed by atoms with E-state index in [4.69, 9.17) is 4.74 Å². The predicted molar refractivity (Wildman–Crippen MR) is 52.9 cm³/mol. The molecule has 0 aromatic carbocycles. The van der Waals surface area contributed by atoms with E-state index < -0.39 is 0 Å². The highest BCUT2D eigenvalue weighted by atomic mass is 32.2. The number of thioether (sulfide) groups is 1. The molecule has 2 rings (SSSR count). The van der Waals surface area contributed by atoms with E-state index in [2.05, 4.69) is 4.99 Å². The van der Waals surface area contributed by atoms with Gasteiger partial charge in [-0.15, -0.1) is 0 Å². The summed E-state index contributed by atoms with van der Waals surface area (Å²) < 4.78 is 4.93. The molecular formula is C9H13NO2S. The lowest BCUT2D eigenvalue weighted by atomic mass is 9.95. The molecule has 13 heavy (non-hydrogen) atoms. The Balaban J connectivity index is 2.17. The predicted octanol–water partition coefficient (Wildman–Crippen LogP) is 1.97. The Morgan fingerprint density at radius 1 is 1.38 bits per heavy atom. The second-order valence-electron chi connectivity index (χ2n) is 3.52. The van der Waals surface area contributed by atoms with E-state index in [0.717, 1.165) is 12.8 Å². The quantitative estimate of drug-likeness (QED) is 0.598. The lowest BCUT2D eigenvalue weighted by Gasteiger charge is -2.27. The number of rotatable bonds is 0. The van der Waals surface area contributed by atoms with Gasteiger partial charge in [-0.3, -0.25) is 4.79 Å². The fraction of sp³-hybridized carbons (Fsp3) is 0.778. The molecule has 1 aliphatic heterocycles. The highest BCUT2D eigenvalue weighted by molar-refractivity contribution is 8.17. The first kappa shape index (κ1) is 9.06. The highest BCUT2D eigenvalue weighted by Crippen LogP contribution is 2.45. The summed E-state index contributed by atoms with van der Waals surface area (Å²) in [6.45, 7) is 0. The fourth-order valence-electron chi connectivity index (χ4n) is 1.92. The third kappa shape index (κ3) is 1.59.